The second-order valence-electron chi connectivity index (χ2n) is 4.21. The fourth-order valence-corrected chi connectivity index (χ4v) is 1.78. The van der Waals surface area contributed by atoms with Crippen LogP contribution in [0, 0.1) is 0 Å². The van der Waals surface area contributed by atoms with Gasteiger partial charge in [-0.15, -0.1) is 0 Å². The fraction of sp³-hybridized carbons (Fsp3) is 0.917. The summed E-state index contributed by atoms with van der Waals surface area (Å²) in [5.41, 5.74) is 0. The first kappa shape index (κ1) is 14.4. The van der Waals surface area contributed by atoms with Crippen molar-refractivity contribution in [1.82, 2.24) is 5.32 Å². The molecule has 3 unspecified atom stereocenters. The predicted molar refractivity (Wildman–Crippen MR) is 63.9 cm³/mol. The third kappa shape index (κ3) is 5.02. The maximum atomic E-state index is 11.5. The molecule has 100 valence electrons. The van der Waals surface area contributed by atoms with Gasteiger partial charge in [0, 0.05) is 13.1 Å². The summed E-state index contributed by atoms with van der Waals surface area (Å²) in [6, 6.07) is 0. The molecule has 1 heterocycles. The van der Waals surface area contributed by atoms with Gasteiger partial charge in [-0.2, -0.15) is 0 Å². The van der Waals surface area contributed by atoms with Crippen LogP contribution in [0.2, 0.25) is 0 Å². The number of esters is 1. The molecule has 1 fully saturated rings. The van der Waals surface area contributed by atoms with Gasteiger partial charge in [0.15, 0.2) is 6.10 Å². The van der Waals surface area contributed by atoms with E-state index in [-0.39, 0.29) is 18.2 Å². The van der Waals surface area contributed by atoms with E-state index >= 15 is 0 Å². The van der Waals surface area contributed by atoms with Crippen molar-refractivity contribution < 1.29 is 19.0 Å². The minimum Gasteiger partial charge on any atom is -0.464 e. The standard InChI is InChI=1S/C12H23NO4/c1-4-11(12(14)15-5-2)16-8-10-7-13-6-9(3)17-10/h9-11,13H,4-8H2,1-3H3. The predicted octanol–water partition coefficient (Wildman–Crippen LogP) is 0.722. The van der Waals surface area contributed by atoms with Gasteiger partial charge in [-0.05, 0) is 20.3 Å². The Kier molecular flexibility index (Phi) is 6.47. The Morgan fingerprint density at radius 3 is 2.82 bits per heavy atom. The molecule has 0 aromatic rings. The van der Waals surface area contributed by atoms with Crippen molar-refractivity contribution in [3.63, 3.8) is 0 Å². The van der Waals surface area contributed by atoms with Gasteiger partial charge in [0.25, 0.3) is 0 Å². The van der Waals surface area contributed by atoms with E-state index in [9.17, 15) is 4.79 Å². The lowest BCUT2D eigenvalue weighted by molar-refractivity contribution is -0.161. The lowest BCUT2D eigenvalue weighted by Gasteiger charge is -2.29. The second kappa shape index (κ2) is 7.63. The molecular weight excluding hydrogens is 222 g/mol. The molecule has 0 aromatic carbocycles. The van der Waals surface area contributed by atoms with Crippen LogP contribution < -0.4 is 5.32 Å². The van der Waals surface area contributed by atoms with Crippen LogP contribution in [0.15, 0.2) is 0 Å². The van der Waals surface area contributed by atoms with Gasteiger partial charge in [-0.3, -0.25) is 0 Å². The SMILES string of the molecule is CCOC(=O)C(CC)OCC1CNCC(C)O1. The Morgan fingerprint density at radius 1 is 1.47 bits per heavy atom. The molecule has 1 rings (SSSR count). The zero-order chi connectivity index (χ0) is 12.7. The van der Waals surface area contributed by atoms with E-state index in [2.05, 4.69) is 5.32 Å². The van der Waals surface area contributed by atoms with Gasteiger partial charge in [-0.1, -0.05) is 6.92 Å². The molecule has 0 saturated carbocycles. The molecule has 1 aliphatic rings. The van der Waals surface area contributed by atoms with Gasteiger partial charge in [0.05, 0.1) is 25.4 Å². The number of ether oxygens (including phenoxy) is 3. The number of hydrogen-bond acceptors (Lipinski definition) is 5. The van der Waals surface area contributed by atoms with E-state index < -0.39 is 6.10 Å². The van der Waals surface area contributed by atoms with Crippen LogP contribution in [0.25, 0.3) is 0 Å². The van der Waals surface area contributed by atoms with Gasteiger partial charge in [0.2, 0.25) is 0 Å². The van der Waals surface area contributed by atoms with Crippen LogP contribution in [-0.2, 0) is 19.0 Å². The summed E-state index contributed by atoms with van der Waals surface area (Å²) in [5, 5.41) is 3.26. The summed E-state index contributed by atoms with van der Waals surface area (Å²) < 4.78 is 16.2. The van der Waals surface area contributed by atoms with Crippen LogP contribution in [0.1, 0.15) is 27.2 Å². The van der Waals surface area contributed by atoms with Crippen molar-refractivity contribution in [1.29, 1.82) is 0 Å². The Morgan fingerprint density at radius 2 is 2.24 bits per heavy atom. The van der Waals surface area contributed by atoms with Crippen molar-refractivity contribution in [2.45, 2.75) is 45.5 Å². The first-order chi connectivity index (χ1) is 8.17. The molecule has 3 atom stereocenters. The first-order valence-electron chi connectivity index (χ1n) is 6.31. The lowest BCUT2D eigenvalue weighted by Crippen LogP contribution is -2.46. The Bertz CT molecular complexity index is 235. The molecule has 17 heavy (non-hydrogen) atoms. The number of rotatable bonds is 6. The van der Waals surface area contributed by atoms with E-state index in [1.54, 1.807) is 6.92 Å². The van der Waals surface area contributed by atoms with E-state index in [1.807, 2.05) is 13.8 Å². The van der Waals surface area contributed by atoms with Crippen LogP contribution in [0.3, 0.4) is 0 Å². The highest BCUT2D eigenvalue weighted by atomic mass is 16.6. The monoisotopic (exact) mass is 245 g/mol. The topological polar surface area (TPSA) is 56.8 Å². The zero-order valence-electron chi connectivity index (χ0n) is 10.9. The van der Waals surface area contributed by atoms with Crippen LogP contribution in [-0.4, -0.2) is 50.6 Å². The minimum absolute atomic E-state index is 0.0160. The highest BCUT2D eigenvalue weighted by molar-refractivity contribution is 5.74. The largest absolute Gasteiger partial charge is 0.464 e. The third-order valence-electron chi connectivity index (χ3n) is 2.63. The van der Waals surface area contributed by atoms with Gasteiger partial charge in [0.1, 0.15) is 0 Å². The molecule has 0 aromatic heterocycles. The Balaban J connectivity index is 2.29. The minimum atomic E-state index is -0.476. The smallest absolute Gasteiger partial charge is 0.335 e. The van der Waals surface area contributed by atoms with Crippen LogP contribution in [0.4, 0.5) is 0 Å². The summed E-state index contributed by atoms with van der Waals surface area (Å²) in [6.07, 6.45) is 0.354. The average molecular weight is 245 g/mol. The summed E-state index contributed by atoms with van der Waals surface area (Å²) >= 11 is 0. The molecule has 5 nitrogen and oxygen atoms in total. The molecule has 0 radical (unpaired) electrons. The molecule has 0 aliphatic carbocycles. The normalized spacial score (nSPS) is 26.5. The third-order valence-corrected chi connectivity index (χ3v) is 2.63. The number of hydrogen-bond donors (Lipinski definition) is 1. The maximum absolute atomic E-state index is 11.5. The molecular formula is C12H23NO4. The molecule has 1 saturated heterocycles. The number of nitrogens with one attached hydrogen (secondary N) is 1. The number of morpholine rings is 1. The summed E-state index contributed by atoms with van der Waals surface area (Å²) in [4.78, 5) is 11.5. The summed E-state index contributed by atoms with van der Waals surface area (Å²) in [5.74, 6) is -0.285. The average Bonchev–Trinajstić information content (AvgIpc) is 2.30. The fourth-order valence-electron chi connectivity index (χ4n) is 1.78. The first-order valence-corrected chi connectivity index (χ1v) is 6.31. The molecule has 1 aliphatic heterocycles. The van der Waals surface area contributed by atoms with Crippen molar-refractivity contribution in [2.75, 3.05) is 26.3 Å². The lowest BCUT2D eigenvalue weighted by atomic mass is 10.2. The Labute approximate surface area is 103 Å². The van der Waals surface area contributed by atoms with Gasteiger partial charge in [-0.25, -0.2) is 4.79 Å². The number of carbonyl (C=O) groups excluding carboxylic acids is 1. The molecule has 0 amide bonds. The molecule has 0 spiro atoms. The van der Waals surface area contributed by atoms with E-state index in [0.717, 1.165) is 13.1 Å². The molecule has 1 N–H and O–H groups in total. The number of carbonyl (C=O) groups is 1. The maximum Gasteiger partial charge on any atom is 0.335 e. The molecule has 0 bridgehead atoms. The summed E-state index contributed by atoms with van der Waals surface area (Å²) in [6.45, 7) is 8.16. The van der Waals surface area contributed by atoms with E-state index in [4.69, 9.17) is 14.2 Å². The van der Waals surface area contributed by atoms with Crippen molar-refractivity contribution in [3.05, 3.63) is 0 Å². The second-order valence-corrected chi connectivity index (χ2v) is 4.21. The van der Waals surface area contributed by atoms with Gasteiger partial charge < -0.3 is 19.5 Å². The van der Waals surface area contributed by atoms with E-state index in [0.29, 0.717) is 19.6 Å². The molecule has 5 heteroatoms. The highest BCUT2D eigenvalue weighted by Crippen LogP contribution is 2.07. The highest BCUT2D eigenvalue weighted by Gasteiger charge is 2.23. The van der Waals surface area contributed by atoms with Crippen molar-refractivity contribution >= 4 is 5.97 Å². The summed E-state index contributed by atoms with van der Waals surface area (Å²) in [7, 11) is 0. The van der Waals surface area contributed by atoms with Crippen molar-refractivity contribution in [2.24, 2.45) is 0 Å². The van der Waals surface area contributed by atoms with Gasteiger partial charge >= 0.3 is 5.97 Å². The van der Waals surface area contributed by atoms with Crippen LogP contribution in [0.5, 0.6) is 0 Å². The quantitative estimate of drug-likeness (QED) is 0.699. The Hall–Kier alpha value is -0.650. The van der Waals surface area contributed by atoms with Crippen LogP contribution >= 0.6 is 0 Å². The van der Waals surface area contributed by atoms with Crippen molar-refractivity contribution in [3.8, 4) is 0 Å². The zero-order valence-corrected chi connectivity index (χ0v) is 10.9. The van der Waals surface area contributed by atoms with E-state index in [1.165, 1.54) is 0 Å².